The molecular formula is C22H22N4O. The number of aromatic nitrogens is 2. The number of nitrogens with zero attached hydrogens (tertiary/aromatic N) is 4. The molecule has 2 fully saturated rings. The first-order valence-corrected chi connectivity index (χ1v) is 9.65. The second kappa shape index (κ2) is 6.65. The van der Waals surface area contributed by atoms with Crippen LogP contribution < -0.4 is 4.90 Å². The molecule has 0 bridgehead atoms. The number of benzene rings is 2. The quantitative estimate of drug-likeness (QED) is 0.719. The highest BCUT2D eigenvalue weighted by atomic mass is 16.2. The van der Waals surface area contributed by atoms with Crippen molar-refractivity contribution in [1.82, 2.24) is 15.1 Å². The molecule has 0 atom stereocenters. The van der Waals surface area contributed by atoms with Crippen LogP contribution in [-0.4, -0.2) is 47.2 Å². The van der Waals surface area contributed by atoms with E-state index in [-0.39, 0.29) is 5.91 Å². The van der Waals surface area contributed by atoms with Crippen molar-refractivity contribution >= 4 is 22.5 Å². The largest absolute Gasteiger partial charge is 0.352 e. The van der Waals surface area contributed by atoms with Crippen LogP contribution in [0.4, 0.5) is 5.82 Å². The molecule has 0 radical (unpaired) electrons. The molecule has 1 amide bonds. The van der Waals surface area contributed by atoms with Crippen molar-refractivity contribution in [2.75, 3.05) is 31.1 Å². The molecule has 1 aliphatic carbocycles. The summed E-state index contributed by atoms with van der Waals surface area (Å²) >= 11 is 0. The zero-order valence-electron chi connectivity index (χ0n) is 15.2. The Morgan fingerprint density at radius 3 is 2.37 bits per heavy atom. The van der Waals surface area contributed by atoms with Gasteiger partial charge in [0.15, 0.2) is 5.82 Å². The van der Waals surface area contributed by atoms with Crippen LogP contribution in [0.2, 0.25) is 0 Å². The third-order valence-electron chi connectivity index (χ3n) is 5.58. The Morgan fingerprint density at radius 1 is 0.852 bits per heavy atom. The van der Waals surface area contributed by atoms with Gasteiger partial charge in [0.25, 0.3) is 5.91 Å². The number of hydrogen-bond acceptors (Lipinski definition) is 4. The molecule has 27 heavy (non-hydrogen) atoms. The van der Waals surface area contributed by atoms with Gasteiger partial charge in [-0.15, -0.1) is 5.10 Å². The summed E-state index contributed by atoms with van der Waals surface area (Å²) in [6.45, 7) is 2.98. The minimum atomic E-state index is 0.113. The lowest BCUT2D eigenvalue weighted by Crippen LogP contribution is -2.49. The van der Waals surface area contributed by atoms with E-state index in [9.17, 15) is 4.79 Å². The zero-order chi connectivity index (χ0) is 18.2. The van der Waals surface area contributed by atoms with E-state index in [1.807, 2.05) is 47.4 Å². The Balaban J connectivity index is 1.29. The van der Waals surface area contributed by atoms with Crippen LogP contribution in [0.25, 0.3) is 10.8 Å². The maximum absolute atomic E-state index is 13.1. The summed E-state index contributed by atoms with van der Waals surface area (Å²) in [6.07, 6.45) is 2.48. The zero-order valence-corrected chi connectivity index (χ0v) is 15.2. The molecule has 5 heteroatoms. The maximum Gasteiger partial charge on any atom is 0.254 e. The third kappa shape index (κ3) is 3.14. The number of amides is 1. The van der Waals surface area contributed by atoms with Gasteiger partial charge in [0.2, 0.25) is 0 Å². The van der Waals surface area contributed by atoms with Crippen LogP contribution in [0.1, 0.15) is 34.8 Å². The predicted octanol–water partition coefficient (Wildman–Crippen LogP) is 3.47. The first-order valence-electron chi connectivity index (χ1n) is 9.65. The molecule has 1 saturated carbocycles. The summed E-state index contributed by atoms with van der Waals surface area (Å²) < 4.78 is 0. The molecule has 2 aromatic carbocycles. The molecule has 0 unspecified atom stereocenters. The number of anilines is 1. The normalized spacial score (nSPS) is 17.3. The Kier molecular flexibility index (Phi) is 4.00. The van der Waals surface area contributed by atoms with Crippen LogP contribution in [0, 0.1) is 0 Å². The Bertz CT molecular complexity index is 968. The van der Waals surface area contributed by atoms with Crippen LogP contribution in [0.5, 0.6) is 0 Å². The van der Waals surface area contributed by atoms with E-state index >= 15 is 0 Å². The summed E-state index contributed by atoms with van der Waals surface area (Å²) in [5.41, 5.74) is 1.90. The summed E-state index contributed by atoms with van der Waals surface area (Å²) in [7, 11) is 0. The van der Waals surface area contributed by atoms with Gasteiger partial charge in [0.05, 0.1) is 5.69 Å². The van der Waals surface area contributed by atoms with Gasteiger partial charge in [-0.1, -0.05) is 36.4 Å². The first-order chi connectivity index (χ1) is 13.3. The predicted molar refractivity (Wildman–Crippen MR) is 106 cm³/mol. The number of rotatable bonds is 3. The molecular weight excluding hydrogens is 336 g/mol. The summed E-state index contributed by atoms with van der Waals surface area (Å²) in [5, 5.41) is 10.9. The Morgan fingerprint density at radius 2 is 1.63 bits per heavy atom. The van der Waals surface area contributed by atoms with Crippen LogP contribution in [0.15, 0.2) is 54.6 Å². The highest BCUT2D eigenvalue weighted by molar-refractivity contribution is 6.07. The molecule has 5 rings (SSSR count). The molecule has 0 N–H and O–H groups in total. The minimum absolute atomic E-state index is 0.113. The minimum Gasteiger partial charge on any atom is -0.352 e. The average Bonchev–Trinajstić information content (AvgIpc) is 3.59. The molecule has 1 aromatic heterocycles. The van der Waals surface area contributed by atoms with E-state index in [1.165, 1.54) is 12.8 Å². The Hall–Kier alpha value is -2.95. The number of carbonyl (C=O) groups excluding carboxylic acids is 1. The second-order valence-corrected chi connectivity index (χ2v) is 7.40. The molecule has 2 aliphatic rings. The second-order valence-electron chi connectivity index (χ2n) is 7.40. The lowest BCUT2D eigenvalue weighted by molar-refractivity contribution is 0.0748. The van der Waals surface area contributed by atoms with E-state index < -0.39 is 0 Å². The van der Waals surface area contributed by atoms with Crippen molar-refractivity contribution < 1.29 is 4.79 Å². The highest BCUT2D eigenvalue weighted by Crippen LogP contribution is 2.38. The van der Waals surface area contributed by atoms with Crippen molar-refractivity contribution in [2.24, 2.45) is 0 Å². The van der Waals surface area contributed by atoms with E-state index in [4.69, 9.17) is 0 Å². The van der Waals surface area contributed by atoms with Crippen molar-refractivity contribution in [2.45, 2.75) is 18.8 Å². The monoisotopic (exact) mass is 358 g/mol. The van der Waals surface area contributed by atoms with Gasteiger partial charge in [-0.3, -0.25) is 4.79 Å². The molecule has 1 aliphatic heterocycles. The van der Waals surface area contributed by atoms with E-state index in [2.05, 4.69) is 27.2 Å². The Labute approximate surface area is 158 Å². The smallest absolute Gasteiger partial charge is 0.254 e. The molecule has 5 nitrogen and oxygen atoms in total. The SMILES string of the molecule is O=C(c1cccc2ccccc12)N1CCN(c2ccc(C3CC3)nn2)CC1. The first kappa shape index (κ1) is 16.2. The summed E-state index contributed by atoms with van der Waals surface area (Å²) in [4.78, 5) is 17.2. The topological polar surface area (TPSA) is 49.3 Å². The van der Waals surface area contributed by atoms with Gasteiger partial charge in [-0.25, -0.2) is 0 Å². The van der Waals surface area contributed by atoms with E-state index in [0.29, 0.717) is 19.0 Å². The van der Waals surface area contributed by atoms with Gasteiger partial charge in [0.1, 0.15) is 0 Å². The van der Waals surface area contributed by atoms with Gasteiger partial charge >= 0.3 is 0 Å². The average molecular weight is 358 g/mol. The van der Waals surface area contributed by atoms with Crippen molar-refractivity contribution in [1.29, 1.82) is 0 Å². The molecule has 1 saturated heterocycles. The number of fused-ring (bicyclic) bond motifs is 1. The molecule has 136 valence electrons. The lowest BCUT2D eigenvalue weighted by atomic mass is 10.0. The van der Waals surface area contributed by atoms with Gasteiger partial charge in [-0.2, -0.15) is 5.10 Å². The summed E-state index contributed by atoms with van der Waals surface area (Å²) in [6, 6.07) is 18.2. The fraction of sp³-hybridized carbons (Fsp3) is 0.318. The molecule has 2 heterocycles. The van der Waals surface area contributed by atoms with Crippen molar-refractivity contribution in [3.63, 3.8) is 0 Å². The van der Waals surface area contributed by atoms with E-state index in [0.717, 1.165) is 40.9 Å². The van der Waals surface area contributed by atoms with Crippen LogP contribution in [0.3, 0.4) is 0 Å². The van der Waals surface area contributed by atoms with Gasteiger partial charge in [-0.05, 0) is 41.8 Å². The van der Waals surface area contributed by atoms with E-state index in [1.54, 1.807) is 0 Å². The highest BCUT2D eigenvalue weighted by Gasteiger charge is 2.27. The van der Waals surface area contributed by atoms with Gasteiger partial charge in [0, 0.05) is 37.7 Å². The van der Waals surface area contributed by atoms with Crippen LogP contribution >= 0.6 is 0 Å². The number of carbonyl (C=O) groups is 1. The standard InChI is InChI=1S/C22H22N4O/c27-22(19-7-3-5-16-4-1-2-6-18(16)19)26-14-12-25(13-15-26)21-11-10-20(23-24-21)17-8-9-17/h1-7,10-11,17H,8-9,12-15H2. The van der Waals surface area contributed by atoms with Crippen molar-refractivity contribution in [3.05, 3.63) is 65.9 Å². The number of hydrogen-bond donors (Lipinski definition) is 0. The van der Waals surface area contributed by atoms with Crippen molar-refractivity contribution in [3.8, 4) is 0 Å². The van der Waals surface area contributed by atoms with Gasteiger partial charge < -0.3 is 9.80 Å². The summed E-state index contributed by atoms with van der Waals surface area (Å²) in [5.74, 6) is 1.65. The fourth-order valence-electron chi connectivity index (χ4n) is 3.82. The van der Waals surface area contributed by atoms with Crippen LogP contribution in [-0.2, 0) is 0 Å². The fourth-order valence-corrected chi connectivity index (χ4v) is 3.82. The molecule has 0 spiro atoms. The third-order valence-corrected chi connectivity index (χ3v) is 5.58. The lowest BCUT2D eigenvalue weighted by Gasteiger charge is -2.35. The maximum atomic E-state index is 13.1. The number of piperazine rings is 1. The molecule has 3 aromatic rings.